The molecule has 0 saturated heterocycles. The SMILES string of the molecule is Cc1ccc(N(CCCCl)C(=O)Nc2ccccc2)cc1Cl. The van der Waals surface area contributed by atoms with E-state index in [0.29, 0.717) is 23.9 Å². The first kappa shape index (κ1) is 16.7. The quantitative estimate of drug-likeness (QED) is 0.736. The van der Waals surface area contributed by atoms with Crippen LogP contribution in [-0.2, 0) is 0 Å². The topological polar surface area (TPSA) is 32.3 Å². The summed E-state index contributed by atoms with van der Waals surface area (Å²) in [7, 11) is 0. The monoisotopic (exact) mass is 336 g/mol. The first-order valence-corrected chi connectivity index (χ1v) is 7.99. The molecule has 0 aliphatic carbocycles. The minimum absolute atomic E-state index is 0.198. The highest BCUT2D eigenvalue weighted by Crippen LogP contribution is 2.24. The molecule has 0 bridgehead atoms. The molecule has 0 unspecified atom stereocenters. The molecule has 0 atom stereocenters. The van der Waals surface area contributed by atoms with Gasteiger partial charge in [-0.15, -0.1) is 11.6 Å². The van der Waals surface area contributed by atoms with Crippen LogP contribution in [0, 0.1) is 6.92 Å². The largest absolute Gasteiger partial charge is 0.326 e. The van der Waals surface area contributed by atoms with Gasteiger partial charge in [0, 0.05) is 28.8 Å². The summed E-state index contributed by atoms with van der Waals surface area (Å²) in [5.74, 6) is 0.495. The number of urea groups is 1. The van der Waals surface area contributed by atoms with Gasteiger partial charge >= 0.3 is 6.03 Å². The molecule has 116 valence electrons. The van der Waals surface area contributed by atoms with Crippen LogP contribution in [0.2, 0.25) is 5.02 Å². The molecular weight excluding hydrogens is 319 g/mol. The first-order chi connectivity index (χ1) is 10.6. The number of carbonyl (C=O) groups is 1. The van der Waals surface area contributed by atoms with Crippen molar-refractivity contribution in [1.82, 2.24) is 0 Å². The predicted octanol–water partition coefficient (Wildman–Crippen LogP) is 5.32. The molecule has 5 heteroatoms. The fourth-order valence-corrected chi connectivity index (χ4v) is 2.32. The van der Waals surface area contributed by atoms with E-state index in [0.717, 1.165) is 16.9 Å². The number of hydrogen-bond donors (Lipinski definition) is 1. The Balaban J connectivity index is 2.21. The maximum absolute atomic E-state index is 12.5. The molecule has 0 aromatic heterocycles. The Hall–Kier alpha value is -1.71. The third-order valence-electron chi connectivity index (χ3n) is 3.25. The van der Waals surface area contributed by atoms with Crippen LogP contribution in [0.4, 0.5) is 16.2 Å². The number of nitrogens with zero attached hydrogens (tertiary/aromatic N) is 1. The number of rotatable bonds is 5. The Kier molecular flexibility index (Phi) is 6.10. The second kappa shape index (κ2) is 8.06. The number of alkyl halides is 1. The van der Waals surface area contributed by atoms with Gasteiger partial charge in [-0.25, -0.2) is 4.79 Å². The highest BCUT2D eigenvalue weighted by molar-refractivity contribution is 6.31. The van der Waals surface area contributed by atoms with Gasteiger partial charge < -0.3 is 5.32 Å². The van der Waals surface area contributed by atoms with Crippen LogP contribution in [0.1, 0.15) is 12.0 Å². The lowest BCUT2D eigenvalue weighted by Crippen LogP contribution is -2.36. The molecule has 0 heterocycles. The first-order valence-electron chi connectivity index (χ1n) is 7.07. The van der Waals surface area contributed by atoms with Crippen molar-refractivity contribution in [1.29, 1.82) is 0 Å². The molecule has 0 aliphatic rings. The zero-order chi connectivity index (χ0) is 15.9. The number of anilines is 2. The second-order valence-electron chi connectivity index (χ2n) is 4.92. The lowest BCUT2D eigenvalue weighted by atomic mass is 10.2. The maximum atomic E-state index is 12.5. The van der Waals surface area contributed by atoms with Crippen LogP contribution >= 0.6 is 23.2 Å². The molecule has 0 saturated carbocycles. The van der Waals surface area contributed by atoms with E-state index in [2.05, 4.69) is 5.32 Å². The molecule has 0 aliphatic heterocycles. The zero-order valence-corrected chi connectivity index (χ0v) is 13.9. The van der Waals surface area contributed by atoms with Crippen LogP contribution < -0.4 is 10.2 Å². The van der Waals surface area contributed by atoms with Crippen molar-refractivity contribution in [3.05, 3.63) is 59.1 Å². The summed E-state index contributed by atoms with van der Waals surface area (Å²) in [4.78, 5) is 14.2. The summed E-state index contributed by atoms with van der Waals surface area (Å²) in [5.41, 5.74) is 2.49. The number of nitrogens with one attached hydrogen (secondary N) is 1. The van der Waals surface area contributed by atoms with Gasteiger partial charge in [-0.3, -0.25) is 4.90 Å². The summed E-state index contributed by atoms with van der Waals surface area (Å²) >= 11 is 11.9. The molecular formula is C17H18Cl2N2O. The molecule has 2 rings (SSSR count). The number of amides is 2. The number of halogens is 2. The van der Waals surface area contributed by atoms with Crippen molar-refractivity contribution in [3.63, 3.8) is 0 Å². The predicted molar refractivity (Wildman–Crippen MR) is 94.3 cm³/mol. The standard InChI is InChI=1S/C17H18Cl2N2O/c1-13-8-9-15(12-16(13)19)21(11-5-10-18)17(22)20-14-6-3-2-4-7-14/h2-4,6-9,12H,5,10-11H2,1H3,(H,20,22). The summed E-state index contributed by atoms with van der Waals surface area (Å²) in [6.07, 6.45) is 0.704. The normalized spacial score (nSPS) is 10.3. The van der Waals surface area contributed by atoms with Crippen LogP contribution in [0.5, 0.6) is 0 Å². The molecule has 2 aromatic rings. The average Bonchev–Trinajstić information content (AvgIpc) is 2.52. The summed E-state index contributed by atoms with van der Waals surface area (Å²) in [6.45, 7) is 2.46. The van der Waals surface area contributed by atoms with Crippen LogP contribution in [0.25, 0.3) is 0 Å². The Morgan fingerprint density at radius 3 is 2.55 bits per heavy atom. The molecule has 2 amide bonds. The van der Waals surface area contributed by atoms with E-state index in [1.165, 1.54) is 0 Å². The van der Waals surface area contributed by atoms with Crippen LogP contribution in [0.15, 0.2) is 48.5 Å². The third-order valence-corrected chi connectivity index (χ3v) is 3.93. The van der Waals surface area contributed by atoms with Crippen LogP contribution in [0.3, 0.4) is 0 Å². The highest BCUT2D eigenvalue weighted by Gasteiger charge is 2.16. The number of hydrogen-bond acceptors (Lipinski definition) is 1. The van der Waals surface area contributed by atoms with Crippen molar-refractivity contribution in [2.24, 2.45) is 0 Å². The van der Waals surface area contributed by atoms with Crippen molar-refractivity contribution >= 4 is 40.6 Å². The van der Waals surface area contributed by atoms with Gasteiger partial charge in [0.1, 0.15) is 0 Å². The molecule has 22 heavy (non-hydrogen) atoms. The smallest absolute Gasteiger partial charge is 0.308 e. The molecule has 2 aromatic carbocycles. The Labute approximate surface area is 140 Å². The molecule has 0 fully saturated rings. The molecule has 0 spiro atoms. The van der Waals surface area contributed by atoms with E-state index in [1.807, 2.05) is 49.4 Å². The minimum Gasteiger partial charge on any atom is -0.308 e. The van der Waals surface area contributed by atoms with Crippen molar-refractivity contribution < 1.29 is 4.79 Å². The molecule has 0 radical (unpaired) electrons. The lowest BCUT2D eigenvalue weighted by molar-refractivity contribution is 0.257. The Bertz CT molecular complexity index is 632. The third kappa shape index (κ3) is 4.39. The van der Waals surface area contributed by atoms with E-state index in [9.17, 15) is 4.79 Å². The second-order valence-corrected chi connectivity index (χ2v) is 5.71. The van der Waals surface area contributed by atoms with Gasteiger partial charge in [0.05, 0.1) is 0 Å². The fourth-order valence-electron chi connectivity index (χ4n) is 2.03. The van der Waals surface area contributed by atoms with Gasteiger partial charge in [0.2, 0.25) is 0 Å². The molecule has 1 N–H and O–H groups in total. The summed E-state index contributed by atoms with van der Waals surface area (Å²) < 4.78 is 0. The van der Waals surface area contributed by atoms with E-state index >= 15 is 0 Å². The van der Waals surface area contributed by atoms with Crippen molar-refractivity contribution in [3.8, 4) is 0 Å². The lowest BCUT2D eigenvalue weighted by Gasteiger charge is -2.23. The number of para-hydroxylation sites is 1. The number of benzene rings is 2. The van der Waals surface area contributed by atoms with Gasteiger partial charge in [-0.2, -0.15) is 0 Å². The van der Waals surface area contributed by atoms with Gasteiger partial charge in [-0.05, 0) is 43.2 Å². The van der Waals surface area contributed by atoms with E-state index in [-0.39, 0.29) is 6.03 Å². The zero-order valence-electron chi connectivity index (χ0n) is 12.4. The molecule has 3 nitrogen and oxygen atoms in total. The summed E-state index contributed by atoms with van der Waals surface area (Å²) in [6, 6.07) is 14.7. The van der Waals surface area contributed by atoms with Crippen molar-refractivity contribution in [2.45, 2.75) is 13.3 Å². The Morgan fingerprint density at radius 2 is 1.91 bits per heavy atom. The van der Waals surface area contributed by atoms with Crippen molar-refractivity contribution in [2.75, 3.05) is 22.6 Å². The number of carbonyl (C=O) groups excluding carboxylic acids is 1. The maximum Gasteiger partial charge on any atom is 0.326 e. The minimum atomic E-state index is -0.198. The Morgan fingerprint density at radius 1 is 1.18 bits per heavy atom. The highest BCUT2D eigenvalue weighted by atomic mass is 35.5. The summed E-state index contributed by atoms with van der Waals surface area (Å²) in [5, 5.41) is 3.52. The van der Waals surface area contributed by atoms with Gasteiger partial charge in [-0.1, -0.05) is 35.9 Å². The van der Waals surface area contributed by atoms with Gasteiger partial charge in [0.25, 0.3) is 0 Å². The number of aryl methyl sites for hydroxylation is 1. The van der Waals surface area contributed by atoms with Gasteiger partial charge in [0.15, 0.2) is 0 Å². The van der Waals surface area contributed by atoms with E-state index in [1.54, 1.807) is 11.0 Å². The average molecular weight is 337 g/mol. The van der Waals surface area contributed by atoms with E-state index < -0.39 is 0 Å². The van der Waals surface area contributed by atoms with E-state index in [4.69, 9.17) is 23.2 Å². The fraction of sp³-hybridized carbons (Fsp3) is 0.235. The van der Waals surface area contributed by atoms with Crippen LogP contribution in [-0.4, -0.2) is 18.5 Å².